The Kier molecular flexibility index (Phi) is 3.94. The van der Waals surface area contributed by atoms with Crippen molar-refractivity contribution in [2.45, 2.75) is 6.04 Å². The van der Waals surface area contributed by atoms with Gasteiger partial charge in [0.25, 0.3) is 0 Å². The molecule has 1 atom stereocenters. The van der Waals surface area contributed by atoms with E-state index in [4.69, 9.17) is 22.4 Å². The van der Waals surface area contributed by atoms with E-state index < -0.39 is 12.0 Å². The molecule has 0 radical (unpaired) electrons. The van der Waals surface area contributed by atoms with Gasteiger partial charge in [0.1, 0.15) is 6.04 Å². The van der Waals surface area contributed by atoms with Crippen molar-refractivity contribution in [2.75, 3.05) is 18.5 Å². The van der Waals surface area contributed by atoms with Crippen LogP contribution in [0.25, 0.3) is 0 Å². The number of nitrogens with two attached hydrogens (primary N) is 1. The highest BCUT2D eigenvalue weighted by atomic mass is 35.5. The Morgan fingerprint density at radius 3 is 2.87 bits per heavy atom. The van der Waals surface area contributed by atoms with Crippen molar-refractivity contribution < 1.29 is 9.90 Å². The highest BCUT2D eigenvalue weighted by molar-refractivity contribution is 6.30. The zero-order chi connectivity index (χ0) is 11.4. The van der Waals surface area contributed by atoms with Crippen LogP contribution in [0.1, 0.15) is 0 Å². The number of carboxylic acid groups (broad SMARTS) is 1. The lowest BCUT2D eigenvalue weighted by atomic mass is 10.2. The molecule has 0 spiro atoms. The van der Waals surface area contributed by atoms with Gasteiger partial charge in [0.2, 0.25) is 0 Å². The zero-order valence-corrected chi connectivity index (χ0v) is 9.11. The number of halogens is 1. The second-order valence-electron chi connectivity index (χ2n) is 3.31. The number of carbonyl (C=O) groups is 1. The first-order valence-corrected chi connectivity index (χ1v) is 4.83. The summed E-state index contributed by atoms with van der Waals surface area (Å²) in [7, 11) is 1.77. The van der Waals surface area contributed by atoms with Crippen LogP contribution in [0.2, 0.25) is 5.02 Å². The molecule has 1 rings (SSSR count). The van der Waals surface area contributed by atoms with Gasteiger partial charge >= 0.3 is 5.97 Å². The maximum atomic E-state index is 10.6. The second-order valence-corrected chi connectivity index (χ2v) is 3.74. The molecule has 3 N–H and O–H groups in total. The third-order valence-electron chi connectivity index (χ3n) is 2.04. The number of likely N-dealkylation sites (N-methyl/N-ethyl adjacent to an activating group) is 1. The van der Waals surface area contributed by atoms with Crippen molar-refractivity contribution in [1.82, 2.24) is 0 Å². The average Bonchev–Trinajstić information content (AvgIpc) is 2.17. The number of hydrogen-bond donors (Lipinski definition) is 2. The zero-order valence-electron chi connectivity index (χ0n) is 8.35. The molecule has 0 saturated heterocycles. The van der Waals surface area contributed by atoms with Crippen molar-refractivity contribution in [3.05, 3.63) is 29.3 Å². The summed E-state index contributed by atoms with van der Waals surface area (Å²) in [6.07, 6.45) is 0. The minimum absolute atomic E-state index is 0.246. The smallest absolute Gasteiger partial charge is 0.322 e. The predicted octanol–water partition coefficient (Wildman–Crippen LogP) is 1.19. The van der Waals surface area contributed by atoms with Crippen LogP contribution in [0.15, 0.2) is 24.3 Å². The lowest BCUT2D eigenvalue weighted by Gasteiger charge is -2.21. The maximum absolute atomic E-state index is 10.6. The van der Waals surface area contributed by atoms with E-state index >= 15 is 0 Å². The Morgan fingerprint density at radius 2 is 2.33 bits per heavy atom. The van der Waals surface area contributed by atoms with Crippen molar-refractivity contribution in [3.8, 4) is 0 Å². The topological polar surface area (TPSA) is 66.6 Å². The molecule has 5 heteroatoms. The molecule has 15 heavy (non-hydrogen) atoms. The Morgan fingerprint density at radius 1 is 1.67 bits per heavy atom. The van der Waals surface area contributed by atoms with E-state index in [-0.39, 0.29) is 6.54 Å². The lowest BCUT2D eigenvalue weighted by molar-refractivity contribution is -0.138. The normalized spacial score (nSPS) is 12.2. The fourth-order valence-corrected chi connectivity index (χ4v) is 1.38. The Labute approximate surface area is 93.2 Å². The molecular weight excluding hydrogens is 216 g/mol. The van der Waals surface area contributed by atoms with Crippen LogP contribution in [0, 0.1) is 0 Å². The molecule has 0 amide bonds. The van der Waals surface area contributed by atoms with Crippen LogP contribution in [0.3, 0.4) is 0 Å². The largest absolute Gasteiger partial charge is 0.480 e. The number of anilines is 1. The summed E-state index contributed by atoms with van der Waals surface area (Å²) in [6.45, 7) is 0.246. The first kappa shape index (κ1) is 11.8. The second kappa shape index (κ2) is 5.00. The number of carboxylic acids is 1. The summed E-state index contributed by atoms with van der Waals surface area (Å²) in [6, 6.07) is 6.28. The molecule has 0 aliphatic carbocycles. The third kappa shape index (κ3) is 3.42. The number of benzene rings is 1. The number of hydrogen-bond acceptors (Lipinski definition) is 3. The molecular formula is C10H13ClN2O2. The van der Waals surface area contributed by atoms with Crippen LogP contribution in [0.5, 0.6) is 0 Å². The van der Waals surface area contributed by atoms with Gasteiger partial charge in [-0.05, 0) is 18.2 Å². The minimum atomic E-state index is -1.01. The van der Waals surface area contributed by atoms with Crippen molar-refractivity contribution in [3.63, 3.8) is 0 Å². The van der Waals surface area contributed by atoms with Crippen molar-refractivity contribution in [1.29, 1.82) is 0 Å². The van der Waals surface area contributed by atoms with Crippen LogP contribution in [-0.4, -0.2) is 30.7 Å². The highest BCUT2D eigenvalue weighted by Crippen LogP contribution is 2.18. The third-order valence-corrected chi connectivity index (χ3v) is 2.27. The maximum Gasteiger partial charge on any atom is 0.322 e. The summed E-state index contributed by atoms with van der Waals surface area (Å²) in [5.74, 6) is -1.01. The first-order valence-electron chi connectivity index (χ1n) is 4.46. The van der Waals surface area contributed by atoms with Gasteiger partial charge in [-0.25, -0.2) is 0 Å². The molecule has 0 aromatic heterocycles. The molecule has 0 aliphatic heterocycles. The van der Waals surface area contributed by atoms with Gasteiger partial charge in [-0.3, -0.25) is 4.79 Å². The minimum Gasteiger partial charge on any atom is -0.480 e. The van der Waals surface area contributed by atoms with E-state index in [2.05, 4.69) is 0 Å². The molecule has 1 aromatic carbocycles. The summed E-state index contributed by atoms with van der Waals surface area (Å²) < 4.78 is 0. The van der Waals surface area contributed by atoms with E-state index in [0.29, 0.717) is 5.02 Å². The standard InChI is InChI=1S/C10H13ClN2O2/c1-13(6-9(12)10(14)15)8-4-2-3-7(11)5-8/h2-5,9H,6,12H2,1H3,(H,14,15)/t9-/m0/s1. The SMILES string of the molecule is CN(C[C@H](N)C(=O)O)c1cccc(Cl)c1. The molecule has 4 nitrogen and oxygen atoms in total. The van der Waals surface area contributed by atoms with E-state index in [1.54, 1.807) is 30.1 Å². The number of aliphatic carboxylic acids is 1. The van der Waals surface area contributed by atoms with E-state index in [0.717, 1.165) is 5.69 Å². The Balaban J connectivity index is 2.68. The predicted molar refractivity (Wildman–Crippen MR) is 60.3 cm³/mol. The summed E-state index contributed by atoms with van der Waals surface area (Å²) >= 11 is 5.81. The first-order chi connectivity index (χ1) is 7.00. The number of nitrogens with zero attached hydrogens (tertiary/aromatic N) is 1. The lowest BCUT2D eigenvalue weighted by Crippen LogP contribution is -2.41. The van der Waals surface area contributed by atoms with Crippen molar-refractivity contribution in [2.24, 2.45) is 5.73 Å². The molecule has 0 heterocycles. The number of rotatable bonds is 4. The van der Waals surface area contributed by atoms with Crippen LogP contribution >= 0.6 is 11.6 Å². The molecule has 0 aliphatic rings. The molecule has 0 saturated carbocycles. The molecule has 0 bridgehead atoms. The van der Waals surface area contributed by atoms with Crippen LogP contribution < -0.4 is 10.6 Å². The van der Waals surface area contributed by atoms with Gasteiger partial charge in [-0.15, -0.1) is 0 Å². The summed E-state index contributed by atoms with van der Waals surface area (Å²) in [5, 5.41) is 9.27. The quantitative estimate of drug-likeness (QED) is 0.813. The molecule has 0 unspecified atom stereocenters. The van der Waals surface area contributed by atoms with E-state index in [9.17, 15) is 4.79 Å². The monoisotopic (exact) mass is 228 g/mol. The Hall–Kier alpha value is -1.26. The van der Waals surface area contributed by atoms with Gasteiger partial charge in [0.15, 0.2) is 0 Å². The summed E-state index contributed by atoms with van der Waals surface area (Å²) in [5.41, 5.74) is 6.27. The van der Waals surface area contributed by atoms with Crippen molar-refractivity contribution >= 4 is 23.3 Å². The van der Waals surface area contributed by atoms with E-state index in [1.165, 1.54) is 0 Å². The van der Waals surface area contributed by atoms with Gasteiger partial charge in [0, 0.05) is 24.3 Å². The van der Waals surface area contributed by atoms with Gasteiger partial charge in [-0.1, -0.05) is 17.7 Å². The van der Waals surface area contributed by atoms with E-state index in [1.807, 2.05) is 6.07 Å². The van der Waals surface area contributed by atoms with Crippen LogP contribution in [-0.2, 0) is 4.79 Å². The molecule has 1 aromatic rings. The summed E-state index contributed by atoms with van der Waals surface area (Å²) in [4.78, 5) is 12.3. The van der Waals surface area contributed by atoms with Gasteiger partial charge < -0.3 is 15.7 Å². The van der Waals surface area contributed by atoms with Crippen LogP contribution in [0.4, 0.5) is 5.69 Å². The molecule has 82 valence electrons. The Bertz CT molecular complexity index is 357. The van der Waals surface area contributed by atoms with Gasteiger partial charge in [0.05, 0.1) is 0 Å². The fourth-order valence-electron chi connectivity index (χ4n) is 1.19. The highest BCUT2D eigenvalue weighted by Gasteiger charge is 2.14. The molecule has 0 fully saturated rings. The van der Waals surface area contributed by atoms with Gasteiger partial charge in [-0.2, -0.15) is 0 Å². The average molecular weight is 229 g/mol. The fraction of sp³-hybridized carbons (Fsp3) is 0.300.